The molecule has 2 saturated heterocycles. The van der Waals surface area contributed by atoms with E-state index in [1.54, 1.807) is 4.90 Å². The van der Waals surface area contributed by atoms with Gasteiger partial charge in [0.05, 0.1) is 17.1 Å². The Kier molecular flexibility index (Phi) is 5.23. The summed E-state index contributed by atoms with van der Waals surface area (Å²) in [6, 6.07) is 6.02. The third kappa shape index (κ3) is 3.43. The molecule has 0 bridgehead atoms. The zero-order valence-corrected chi connectivity index (χ0v) is 15.8. The van der Waals surface area contributed by atoms with E-state index >= 15 is 0 Å². The van der Waals surface area contributed by atoms with E-state index in [9.17, 15) is 14.7 Å². The van der Waals surface area contributed by atoms with Gasteiger partial charge < -0.3 is 20.6 Å². The highest BCUT2D eigenvalue weighted by atomic mass is 16.3. The maximum Gasteiger partial charge on any atom is 0.255 e. The van der Waals surface area contributed by atoms with Crippen LogP contribution in [0.15, 0.2) is 18.2 Å². The number of benzene rings is 1. The Morgan fingerprint density at radius 1 is 1.42 bits per heavy atom. The predicted molar refractivity (Wildman–Crippen MR) is 101 cm³/mol. The van der Waals surface area contributed by atoms with Gasteiger partial charge in [-0.3, -0.25) is 9.59 Å². The van der Waals surface area contributed by atoms with E-state index in [1.165, 1.54) is 0 Å². The maximum atomic E-state index is 13.3. The van der Waals surface area contributed by atoms with Gasteiger partial charge in [-0.15, -0.1) is 0 Å². The molecule has 6 nitrogen and oxygen atoms in total. The topological polar surface area (TPSA) is 81.7 Å². The molecular formula is C20H29N3O3. The molecule has 2 heterocycles. The van der Waals surface area contributed by atoms with Crippen LogP contribution in [0.1, 0.15) is 49.0 Å². The van der Waals surface area contributed by atoms with Gasteiger partial charge in [-0.05, 0) is 52.2 Å². The number of piperidine rings is 2. The lowest BCUT2D eigenvalue weighted by atomic mass is 9.71. The lowest BCUT2D eigenvalue weighted by Gasteiger charge is -2.47. The molecule has 1 aromatic rings. The summed E-state index contributed by atoms with van der Waals surface area (Å²) in [5.41, 5.74) is 1.58. The number of hydrogen-bond acceptors (Lipinski definition) is 4. The van der Waals surface area contributed by atoms with Crippen molar-refractivity contribution in [2.75, 3.05) is 25.0 Å². The van der Waals surface area contributed by atoms with Crippen molar-refractivity contribution in [3.63, 3.8) is 0 Å². The fourth-order valence-corrected chi connectivity index (χ4v) is 4.06. The molecule has 0 aromatic heterocycles. The third-order valence-corrected chi connectivity index (χ3v) is 5.46. The highest BCUT2D eigenvalue weighted by molar-refractivity contribution is 6.00. The van der Waals surface area contributed by atoms with Crippen LogP contribution in [-0.2, 0) is 4.79 Å². The van der Waals surface area contributed by atoms with Crippen LogP contribution in [0.5, 0.6) is 0 Å². The van der Waals surface area contributed by atoms with Crippen LogP contribution >= 0.6 is 0 Å². The maximum absolute atomic E-state index is 13.3. The van der Waals surface area contributed by atoms with Gasteiger partial charge in [-0.2, -0.15) is 0 Å². The summed E-state index contributed by atoms with van der Waals surface area (Å²) < 4.78 is 0. The molecule has 26 heavy (non-hydrogen) atoms. The number of aliphatic hydroxyl groups excluding tert-OH is 1. The molecule has 6 heteroatoms. The Bertz CT molecular complexity index is 704. The second-order valence-electron chi connectivity index (χ2n) is 7.89. The number of nitrogens with one attached hydrogen (secondary N) is 2. The van der Waals surface area contributed by atoms with E-state index in [1.807, 2.05) is 39.0 Å². The Balaban J connectivity index is 1.88. The molecule has 1 aromatic carbocycles. The fourth-order valence-electron chi connectivity index (χ4n) is 4.06. The first kappa shape index (κ1) is 18.7. The molecule has 142 valence electrons. The van der Waals surface area contributed by atoms with Crippen LogP contribution in [0.4, 0.5) is 5.69 Å². The number of likely N-dealkylation sites (tertiary alicyclic amines) is 1. The molecule has 2 amide bonds. The Morgan fingerprint density at radius 3 is 2.88 bits per heavy atom. The van der Waals surface area contributed by atoms with Gasteiger partial charge >= 0.3 is 0 Å². The van der Waals surface area contributed by atoms with Crippen molar-refractivity contribution in [3.8, 4) is 0 Å². The van der Waals surface area contributed by atoms with Crippen molar-refractivity contribution in [2.45, 2.75) is 52.2 Å². The molecule has 0 radical (unpaired) electrons. The second-order valence-corrected chi connectivity index (χ2v) is 7.89. The monoisotopic (exact) mass is 359 g/mol. The van der Waals surface area contributed by atoms with Crippen LogP contribution in [0.3, 0.4) is 0 Å². The molecule has 2 fully saturated rings. The van der Waals surface area contributed by atoms with Crippen molar-refractivity contribution >= 4 is 17.5 Å². The van der Waals surface area contributed by atoms with Crippen molar-refractivity contribution in [2.24, 2.45) is 5.41 Å². The number of anilines is 1. The van der Waals surface area contributed by atoms with Crippen LogP contribution in [0.2, 0.25) is 0 Å². The van der Waals surface area contributed by atoms with Gasteiger partial charge in [0.15, 0.2) is 0 Å². The summed E-state index contributed by atoms with van der Waals surface area (Å²) in [7, 11) is 0. The molecule has 3 N–H and O–H groups in total. The Morgan fingerprint density at radius 2 is 2.19 bits per heavy atom. The normalized spacial score (nSPS) is 26.1. The fraction of sp³-hybridized carbons (Fsp3) is 0.600. The molecule has 2 aliphatic heterocycles. The van der Waals surface area contributed by atoms with Gasteiger partial charge in [-0.1, -0.05) is 11.6 Å². The first-order valence-corrected chi connectivity index (χ1v) is 9.46. The SMILES string of the molecule is Cc1ccc(NC(C)C)c(C(=O)N2CC[C@@H](O)[C@@]3(CCCNC3=O)C2)c1. The Hall–Kier alpha value is -2.08. The first-order chi connectivity index (χ1) is 12.3. The van der Waals surface area contributed by atoms with Gasteiger partial charge in [0.2, 0.25) is 5.91 Å². The van der Waals surface area contributed by atoms with Crippen LogP contribution in [-0.4, -0.2) is 53.6 Å². The number of hydrogen-bond donors (Lipinski definition) is 3. The summed E-state index contributed by atoms with van der Waals surface area (Å²) in [6.45, 7) is 7.41. The smallest absolute Gasteiger partial charge is 0.255 e. The molecule has 2 atom stereocenters. The summed E-state index contributed by atoms with van der Waals surface area (Å²) >= 11 is 0. The van der Waals surface area contributed by atoms with E-state index < -0.39 is 11.5 Å². The number of carbonyl (C=O) groups is 2. The van der Waals surface area contributed by atoms with Crippen molar-refractivity contribution in [1.29, 1.82) is 0 Å². The summed E-state index contributed by atoms with van der Waals surface area (Å²) in [4.78, 5) is 27.5. The standard InChI is InChI=1S/C20H29N3O3/c1-13(2)22-16-6-5-14(3)11-15(16)18(25)23-10-7-17(24)20(12-23)8-4-9-21-19(20)26/h5-6,11,13,17,22,24H,4,7-10,12H2,1-3H3,(H,21,26)/t17-,20-/m1/s1. The minimum Gasteiger partial charge on any atom is -0.392 e. The lowest BCUT2D eigenvalue weighted by molar-refractivity contribution is -0.147. The van der Waals surface area contributed by atoms with E-state index in [4.69, 9.17) is 0 Å². The highest BCUT2D eigenvalue weighted by Gasteiger charge is 2.50. The molecule has 0 aliphatic carbocycles. The number of rotatable bonds is 3. The van der Waals surface area contributed by atoms with E-state index in [2.05, 4.69) is 10.6 Å². The third-order valence-electron chi connectivity index (χ3n) is 5.46. The number of aliphatic hydroxyl groups is 1. The molecule has 3 rings (SSSR count). The number of carbonyl (C=O) groups excluding carboxylic acids is 2. The second kappa shape index (κ2) is 7.27. The van der Waals surface area contributed by atoms with E-state index in [0.717, 1.165) is 17.7 Å². The predicted octanol–water partition coefficient (Wildman–Crippen LogP) is 1.92. The minimum atomic E-state index is -0.873. The largest absolute Gasteiger partial charge is 0.392 e. The summed E-state index contributed by atoms with van der Waals surface area (Å²) in [5.74, 6) is -0.208. The van der Waals surface area contributed by atoms with Crippen LogP contribution in [0.25, 0.3) is 0 Å². The van der Waals surface area contributed by atoms with Gasteiger partial charge in [-0.25, -0.2) is 0 Å². The Labute approximate surface area is 155 Å². The van der Waals surface area contributed by atoms with Gasteiger partial charge in [0.1, 0.15) is 0 Å². The molecule has 2 aliphatic rings. The number of aryl methyl sites for hydroxylation is 1. The average molecular weight is 359 g/mol. The number of amides is 2. The average Bonchev–Trinajstić information content (AvgIpc) is 2.60. The summed E-state index contributed by atoms with van der Waals surface area (Å²) in [5, 5.41) is 16.7. The molecular weight excluding hydrogens is 330 g/mol. The van der Waals surface area contributed by atoms with Crippen molar-refractivity contribution in [1.82, 2.24) is 10.2 Å². The van der Waals surface area contributed by atoms with Crippen LogP contribution < -0.4 is 10.6 Å². The van der Waals surface area contributed by atoms with E-state index in [-0.39, 0.29) is 24.4 Å². The minimum absolute atomic E-state index is 0.0819. The highest BCUT2D eigenvalue weighted by Crippen LogP contribution is 2.38. The number of nitrogens with zero attached hydrogens (tertiary/aromatic N) is 1. The van der Waals surface area contributed by atoms with Crippen molar-refractivity contribution in [3.05, 3.63) is 29.3 Å². The first-order valence-electron chi connectivity index (χ1n) is 9.46. The zero-order chi connectivity index (χ0) is 18.9. The van der Waals surface area contributed by atoms with Crippen molar-refractivity contribution < 1.29 is 14.7 Å². The lowest BCUT2D eigenvalue weighted by Crippen LogP contribution is -2.62. The van der Waals surface area contributed by atoms with Gasteiger partial charge in [0.25, 0.3) is 5.91 Å². The molecule has 0 unspecified atom stereocenters. The van der Waals surface area contributed by atoms with Crippen LogP contribution in [0, 0.1) is 12.3 Å². The molecule has 1 spiro atoms. The van der Waals surface area contributed by atoms with E-state index in [0.29, 0.717) is 31.5 Å². The summed E-state index contributed by atoms with van der Waals surface area (Å²) in [6.07, 6.45) is 1.18. The van der Waals surface area contributed by atoms with Gasteiger partial charge in [0, 0.05) is 31.4 Å². The molecule has 0 saturated carbocycles. The quantitative estimate of drug-likeness (QED) is 0.770. The zero-order valence-electron chi connectivity index (χ0n) is 15.8.